The minimum Gasteiger partial charge on any atom is -0.465 e. The van der Waals surface area contributed by atoms with Crippen LogP contribution in [-0.4, -0.2) is 70.5 Å². The lowest BCUT2D eigenvalue weighted by molar-refractivity contribution is 0.0275. The topological polar surface area (TPSA) is 54.9 Å². The zero-order valence-electron chi connectivity index (χ0n) is 19.2. The minimum absolute atomic E-state index is 0.0173. The molecule has 1 atom stereocenters. The number of aromatic nitrogens is 1. The molecule has 0 aliphatic carbocycles. The number of amides is 1. The zero-order chi connectivity index (χ0) is 22.2. The van der Waals surface area contributed by atoms with Crippen LogP contribution in [0.1, 0.15) is 61.8 Å². The summed E-state index contributed by atoms with van der Waals surface area (Å²) in [7, 11) is 0. The van der Waals surface area contributed by atoms with Crippen LogP contribution >= 0.6 is 11.3 Å². The Morgan fingerprint density at radius 3 is 2.45 bits per heavy atom. The van der Waals surface area contributed by atoms with Gasteiger partial charge >= 0.3 is 6.09 Å². The first-order valence-electron chi connectivity index (χ1n) is 10.3. The van der Waals surface area contributed by atoms with Crippen molar-refractivity contribution in [1.29, 1.82) is 0 Å². The maximum Gasteiger partial charge on any atom is 0.410 e. The van der Waals surface area contributed by atoms with Gasteiger partial charge < -0.3 is 14.4 Å². The van der Waals surface area contributed by atoms with Gasteiger partial charge in [0.2, 0.25) is 0 Å². The smallest absolute Gasteiger partial charge is 0.410 e. The third-order valence-corrected chi connectivity index (χ3v) is 4.85. The second-order valence-electron chi connectivity index (χ2n) is 9.13. The van der Waals surface area contributed by atoms with Gasteiger partial charge in [0.1, 0.15) is 17.4 Å². The number of thiazole rings is 1. The van der Waals surface area contributed by atoms with Crippen LogP contribution in [0, 0.1) is 0 Å². The number of hydrogen-bond acceptors (Lipinski definition) is 6. The Bertz CT molecular complexity index is 597. The summed E-state index contributed by atoms with van der Waals surface area (Å²) in [5.74, 6) is 0. The van der Waals surface area contributed by atoms with Gasteiger partial charge in [-0.2, -0.15) is 0 Å². The highest BCUT2D eigenvalue weighted by molar-refractivity contribution is 7.11. The number of nitrogens with zero attached hydrogens (tertiary/aromatic N) is 3. The molecular formula is C21H38FN3O3S. The van der Waals surface area contributed by atoms with E-state index in [1.54, 1.807) is 24.9 Å². The van der Waals surface area contributed by atoms with Crippen molar-refractivity contribution in [2.45, 2.75) is 85.2 Å². The first kappa shape index (κ1) is 25.6. The number of likely N-dealkylation sites (tertiary alicyclic amines) is 1. The van der Waals surface area contributed by atoms with E-state index in [0.717, 1.165) is 13.0 Å². The third-order valence-electron chi connectivity index (χ3n) is 4.19. The van der Waals surface area contributed by atoms with E-state index in [1.165, 1.54) is 11.3 Å². The van der Waals surface area contributed by atoms with Crippen LogP contribution < -0.4 is 4.74 Å². The van der Waals surface area contributed by atoms with Crippen molar-refractivity contribution >= 4 is 17.4 Å². The van der Waals surface area contributed by atoms with E-state index in [4.69, 9.17) is 9.47 Å². The van der Waals surface area contributed by atoms with Gasteiger partial charge in [-0.05, 0) is 55.0 Å². The largest absolute Gasteiger partial charge is 0.465 e. The van der Waals surface area contributed by atoms with Crippen molar-refractivity contribution in [2.75, 3.05) is 26.2 Å². The highest BCUT2D eigenvalue weighted by atomic mass is 32.1. The number of halogens is 1. The predicted octanol–water partition coefficient (Wildman–Crippen LogP) is 5.00. The van der Waals surface area contributed by atoms with Crippen LogP contribution in [0.3, 0.4) is 0 Å². The number of ether oxygens (including phenoxy) is 2. The Morgan fingerprint density at radius 1 is 1.38 bits per heavy atom. The molecule has 6 nitrogen and oxygen atoms in total. The van der Waals surface area contributed by atoms with Crippen molar-refractivity contribution < 1.29 is 18.7 Å². The Morgan fingerprint density at radius 2 is 2.03 bits per heavy atom. The van der Waals surface area contributed by atoms with Gasteiger partial charge in [0.15, 0.2) is 0 Å². The molecular weight excluding hydrogens is 393 g/mol. The Hall–Kier alpha value is -1.41. The Balaban J connectivity index is 0.000000331. The second kappa shape index (κ2) is 11.1. The molecule has 0 spiro atoms. The molecule has 0 radical (unpaired) electrons. The van der Waals surface area contributed by atoms with Gasteiger partial charge in [0.05, 0.1) is 6.54 Å². The number of hydrogen-bond donors (Lipinski definition) is 0. The fraction of sp³-hybridized carbons (Fsp3) is 0.810. The molecule has 0 N–H and O–H groups in total. The van der Waals surface area contributed by atoms with Crippen molar-refractivity contribution in [3.63, 3.8) is 0 Å². The maximum absolute atomic E-state index is 13.1. The molecule has 1 aromatic rings. The molecule has 1 unspecified atom stereocenters. The SMILES string of the molecule is CC(C)(C)OC(=O)N1CCC(Oc2nccs2)C1.CCN(CC(C)(C)F)C(C)C. The number of carbonyl (C=O) groups excluding carboxylic acids is 1. The summed E-state index contributed by atoms with van der Waals surface area (Å²) in [6.07, 6.45) is 2.27. The third kappa shape index (κ3) is 10.8. The van der Waals surface area contributed by atoms with Crippen LogP contribution in [0.25, 0.3) is 0 Å². The van der Waals surface area contributed by atoms with Gasteiger partial charge in [-0.25, -0.2) is 14.2 Å². The molecule has 0 bridgehead atoms. The minimum atomic E-state index is -1.07. The molecule has 1 amide bonds. The fourth-order valence-electron chi connectivity index (χ4n) is 2.87. The Labute approximate surface area is 179 Å². The summed E-state index contributed by atoms with van der Waals surface area (Å²) in [6, 6.07) is 0.440. The summed E-state index contributed by atoms with van der Waals surface area (Å²) >= 11 is 1.46. The van der Waals surface area contributed by atoms with Crippen molar-refractivity contribution in [2.24, 2.45) is 0 Å². The van der Waals surface area contributed by atoms with Gasteiger partial charge in [0, 0.05) is 37.1 Å². The van der Waals surface area contributed by atoms with E-state index in [0.29, 0.717) is 30.9 Å². The van der Waals surface area contributed by atoms with E-state index in [2.05, 4.69) is 30.7 Å². The fourth-order valence-corrected chi connectivity index (χ4v) is 3.42. The zero-order valence-corrected chi connectivity index (χ0v) is 20.0. The number of carbonyl (C=O) groups is 1. The van der Waals surface area contributed by atoms with Crippen LogP contribution in [0.15, 0.2) is 11.6 Å². The molecule has 1 fully saturated rings. The summed E-state index contributed by atoms with van der Waals surface area (Å²) in [6.45, 7) is 17.8. The molecule has 0 aromatic carbocycles. The van der Waals surface area contributed by atoms with E-state index < -0.39 is 11.3 Å². The number of alkyl halides is 1. The highest BCUT2D eigenvalue weighted by Crippen LogP contribution is 2.21. The van der Waals surface area contributed by atoms with Gasteiger partial charge in [-0.15, -0.1) is 0 Å². The van der Waals surface area contributed by atoms with E-state index >= 15 is 0 Å². The standard InChI is InChI=1S/C12H18N2O3S.C9H20FN/c1-12(2,3)17-11(15)14-6-4-9(8-14)16-10-13-5-7-18-10;1-6-11(8(2)3)7-9(4,5)10/h5,7,9H,4,6,8H2,1-3H3;8H,6-7H2,1-5H3. The van der Waals surface area contributed by atoms with Crippen LogP contribution in [-0.2, 0) is 4.74 Å². The van der Waals surface area contributed by atoms with Crippen molar-refractivity contribution in [3.8, 4) is 5.19 Å². The molecule has 168 valence electrons. The first-order valence-corrected chi connectivity index (χ1v) is 11.2. The van der Waals surface area contributed by atoms with Crippen LogP contribution in [0.4, 0.5) is 9.18 Å². The average Bonchev–Trinajstić information content (AvgIpc) is 3.23. The lowest BCUT2D eigenvalue weighted by Crippen LogP contribution is -2.39. The highest BCUT2D eigenvalue weighted by Gasteiger charge is 2.31. The molecule has 29 heavy (non-hydrogen) atoms. The molecule has 1 saturated heterocycles. The second-order valence-corrected chi connectivity index (χ2v) is 9.99. The van der Waals surface area contributed by atoms with E-state index in [9.17, 15) is 9.18 Å². The molecule has 1 aromatic heterocycles. The monoisotopic (exact) mass is 431 g/mol. The molecule has 2 rings (SSSR count). The summed E-state index contributed by atoms with van der Waals surface area (Å²) in [5.41, 5.74) is -1.52. The lowest BCUT2D eigenvalue weighted by atomic mass is 10.1. The molecule has 1 aliphatic heterocycles. The van der Waals surface area contributed by atoms with Gasteiger partial charge in [-0.3, -0.25) is 4.90 Å². The summed E-state index contributed by atoms with van der Waals surface area (Å²) < 4.78 is 24.2. The lowest BCUT2D eigenvalue weighted by Gasteiger charge is -2.29. The maximum atomic E-state index is 13.1. The molecule has 1 aliphatic rings. The van der Waals surface area contributed by atoms with Crippen LogP contribution in [0.5, 0.6) is 5.19 Å². The van der Waals surface area contributed by atoms with E-state index in [-0.39, 0.29) is 12.2 Å². The predicted molar refractivity (Wildman–Crippen MR) is 117 cm³/mol. The quantitative estimate of drug-likeness (QED) is 0.635. The van der Waals surface area contributed by atoms with Gasteiger partial charge in [-0.1, -0.05) is 18.3 Å². The van der Waals surface area contributed by atoms with Crippen molar-refractivity contribution in [1.82, 2.24) is 14.8 Å². The van der Waals surface area contributed by atoms with Gasteiger partial charge in [0.25, 0.3) is 5.19 Å². The van der Waals surface area contributed by atoms with E-state index in [1.807, 2.05) is 26.2 Å². The number of rotatable bonds is 6. The van der Waals surface area contributed by atoms with Crippen LogP contribution in [0.2, 0.25) is 0 Å². The normalized spacial score (nSPS) is 17.3. The summed E-state index contributed by atoms with van der Waals surface area (Å²) in [5, 5.41) is 2.53. The summed E-state index contributed by atoms with van der Waals surface area (Å²) in [4.78, 5) is 19.7. The first-order chi connectivity index (χ1) is 13.3. The molecule has 8 heteroatoms. The molecule has 2 heterocycles. The molecule has 0 saturated carbocycles. The Kier molecular flexibility index (Phi) is 9.82. The van der Waals surface area contributed by atoms with Crippen molar-refractivity contribution in [3.05, 3.63) is 11.6 Å². The average molecular weight is 432 g/mol.